The second-order valence-corrected chi connectivity index (χ2v) is 7.08. The summed E-state index contributed by atoms with van der Waals surface area (Å²) in [5.74, 6) is 0.823. The first-order chi connectivity index (χ1) is 10.1. The van der Waals surface area contributed by atoms with Crippen LogP contribution < -0.4 is 15.4 Å². The van der Waals surface area contributed by atoms with Crippen molar-refractivity contribution < 1.29 is 4.74 Å². The topological polar surface area (TPSA) is 38.5 Å². The number of rotatable bonds is 3. The summed E-state index contributed by atoms with van der Waals surface area (Å²) in [6.45, 7) is 6.42. The van der Waals surface area contributed by atoms with Gasteiger partial charge in [0.25, 0.3) is 0 Å². The van der Waals surface area contributed by atoms with E-state index in [9.17, 15) is 0 Å². The molecule has 1 saturated heterocycles. The fourth-order valence-corrected chi connectivity index (χ4v) is 3.94. The Hall–Kier alpha value is -1.38. The molecule has 116 valence electrons. The minimum atomic E-state index is 0.158. The third-order valence-corrected chi connectivity index (χ3v) is 5.21. The second kappa shape index (κ2) is 5.78. The number of nitrogen functional groups attached to an aromatic ring is 1. The van der Waals surface area contributed by atoms with Crippen LogP contribution >= 0.6 is 0 Å². The zero-order valence-electron chi connectivity index (χ0n) is 13.4. The lowest BCUT2D eigenvalue weighted by molar-refractivity contribution is 0.226. The molecule has 1 saturated carbocycles. The summed E-state index contributed by atoms with van der Waals surface area (Å²) < 4.78 is 5.82. The lowest BCUT2D eigenvalue weighted by Crippen LogP contribution is -2.38. The molecule has 1 spiro atoms. The molecule has 3 heteroatoms. The van der Waals surface area contributed by atoms with Crippen LogP contribution in [0.3, 0.4) is 0 Å². The van der Waals surface area contributed by atoms with Crippen LogP contribution in [0, 0.1) is 5.41 Å². The summed E-state index contributed by atoms with van der Waals surface area (Å²) in [5.41, 5.74) is 8.68. The summed E-state index contributed by atoms with van der Waals surface area (Å²) in [6.07, 6.45) is 8.62. The minimum Gasteiger partial charge on any atom is -0.489 e. The highest BCUT2D eigenvalue weighted by atomic mass is 16.5. The number of hydrogen-bond donors (Lipinski definition) is 1. The Labute approximate surface area is 128 Å². The van der Waals surface area contributed by atoms with Crippen molar-refractivity contribution in [1.29, 1.82) is 0 Å². The quantitative estimate of drug-likeness (QED) is 0.846. The van der Waals surface area contributed by atoms with Crippen molar-refractivity contribution in [2.75, 3.05) is 23.7 Å². The molecule has 3 nitrogen and oxygen atoms in total. The van der Waals surface area contributed by atoms with Crippen LogP contribution in [0.5, 0.6) is 5.75 Å². The molecule has 0 radical (unpaired) electrons. The minimum absolute atomic E-state index is 0.158. The number of nitrogens with zero attached hydrogens (tertiary/aromatic N) is 1. The maximum absolute atomic E-state index is 6.02. The summed E-state index contributed by atoms with van der Waals surface area (Å²) in [6, 6.07) is 6.23. The molecule has 1 aliphatic heterocycles. The van der Waals surface area contributed by atoms with Crippen LogP contribution in [0.1, 0.15) is 52.4 Å². The molecule has 0 bridgehead atoms. The summed E-state index contributed by atoms with van der Waals surface area (Å²) in [7, 11) is 0. The van der Waals surface area contributed by atoms with E-state index < -0.39 is 0 Å². The van der Waals surface area contributed by atoms with E-state index in [1.165, 1.54) is 57.3 Å². The van der Waals surface area contributed by atoms with Crippen molar-refractivity contribution in [1.82, 2.24) is 0 Å². The smallest absolute Gasteiger partial charge is 0.144 e. The standard InChI is InChI=1S/C18H28N2O/c1-14(2)21-17-13-15(5-6-16(17)19)20-11-9-18(10-12-20)7-3-4-8-18/h5-6,13-14H,3-4,7-12,19H2,1-2H3. The zero-order valence-corrected chi connectivity index (χ0v) is 13.4. The van der Waals surface area contributed by atoms with Gasteiger partial charge in [0.15, 0.2) is 0 Å². The average molecular weight is 288 g/mol. The second-order valence-electron chi connectivity index (χ2n) is 7.08. The predicted octanol–water partition coefficient (Wildman–Crippen LogP) is 4.22. The van der Waals surface area contributed by atoms with Crippen molar-refractivity contribution in [3.05, 3.63) is 18.2 Å². The Morgan fingerprint density at radius 2 is 1.76 bits per heavy atom. The Morgan fingerprint density at radius 1 is 1.10 bits per heavy atom. The van der Waals surface area contributed by atoms with Crippen molar-refractivity contribution in [2.45, 2.75) is 58.5 Å². The highest BCUT2D eigenvalue weighted by Gasteiger charge is 2.36. The van der Waals surface area contributed by atoms with Crippen LogP contribution in [0.4, 0.5) is 11.4 Å². The van der Waals surface area contributed by atoms with Crippen molar-refractivity contribution in [3.8, 4) is 5.75 Å². The Bertz CT molecular complexity index is 482. The first kappa shape index (κ1) is 14.6. The molecule has 2 aliphatic rings. The maximum atomic E-state index is 6.02. The third-order valence-electron chi connectivity index (χ3n) is 5.21. The van der Waals surface area contributed by atoms with Gasteiger partial charge < -0.3 is 15.4 Å². The normalized spacial score (nSPS) is 21.2. The van der Waals surface area contributed by atoms with Gasteiger partial charge >= 0.3 is 0 Å². The van der Waals surface area contributed by atoms with Gasteiger partial charge in [-0.3, -0.25) is 0 Å². The molecular weight excluding hydrogens is 260 g/mol. The molecule has 1 heterocycles. The SMILES string of the molecule is CC(C)Oc1cc(N2CCC3(CCCC3)CC2)ccc1N. The van der Waals surface area contributed by atoms with Crippen molar-refractivity contribution >= 4 is 11.4 Å². The van der Waals surface area contributed by atoms with Gasteiger partial charge in [0.2, 0.25) is 0 Å². The molecule has 21 heavy (non-hydrogen) atoms. The van der Waals surface area contributed by atoms with Crippen LogP contribution in [0.15, 0.2) is 18.2 Å². The number of nitrogens with two attached hydrogens (primary N) is 1. The van der Waals surface area contributed by atoms with E-state index in [-0.39, 0.29) is 6.10 Å². The fourth-order valence-electron chi connectivity index (χ4n) is 3.94. The molecule has 1 aromatic rings. The molecule has 0 amide bonds. The van der Waals surface area contributed by atoms with E-state index in [0.717, 1.165) is 11.4 Å². The van der Waals surface area contributed by atoms with Crippen LogP contribution in [0.25, 0.3) is 0 Å². The van der Waals surface area contributed by atoms with E-state index in [0.29, 0.717) is 5.41 Å². The first-order valence-corrected chi connectivity index (χ1v) is 8.39. The fraction of sp³-hybridized carbons (Fsp3) is 0.667. The van der Waals surface area contributed by atoms with Crippen molar-refractivity contribution in [2.24, 2.45) is 5.41 Å². The monoisotopic (exact) mass is 288 g/mol. The van der Waals surface area contributed by atoms with Gasteiger partial charge in [-0.1, -0.05) is 12.8 Å². The van der Waals surface area contributed by atoms with Gasteiger partial charge in [-0.2, -0.15) is 0 Å². The number of anilines is 2. The molecule has 1 aliphatic carbocycles. The average Bonchev–Trinajstić information content (AvgIpc) is 2.90. The van der Waals surface area contributed by atoms with E-state index in [4.69, 9.17) is 10.5 Å². The molecule has 3 rings (SSSR count). The van der Waals surface area contributed by atoms with Gasteiger partial charge in [0.05, 0.1) is 11.8 Å². The molecule has 0 aromatic heterocycles. The predicted molar refractivity (Wildman–Crippen MR) is 89.0 cm³/mol. The van der Waals surface area contributed by atoms with Gasteiger partial charge in [0, 0.05) is 24.8 Å². The maximum Gasteiger partial charge on any atom is 0.144 e. The largest absolute Gasteiger partial charge is 0.489 e. The molecule has 2 fully saturated rings. The number of benzene rings is 1. The van der Waals surface area contributed by atoms with E-state index >= 15 is 0 Å². The highest BCUT2D eigenvalue weighted by molar-refractivity contribution is 5.62. The summed E-state index contributed by atoms with van der Waals surface area (Å²) >= 11 is 0. The van der Waals surface area contributed by atoms with Crippen LogP contribution in [-0.4, -0.2) is 19.2 Å². The van der Waals surface area contributed by atoms with Crippen molar-refractivity contribution in [3.63, 3.8) is 0 Å². The van der Waals surface area contributed by atoms with E-state index in [1.807, 2.05) is 19.9 Å². The molecule has 2 N–H and O–H groups in total. The Balaban J connectivity index is 1.70. The number of ether oxygens (including phenoxy) is 1. The van der Waals surface area contributed by atoms with Gasteiger partial charge in [-0.15, -0.1) is 0 Å². The van der Waals surface area contributed by atoms with Gasteiger partial charge in [-0.25, -0.2) is 0 Å². The summed E-state index contributed by atoms with van der Waals surface area (Å²) in [4.78, 5) is 2.50. The lowest BCUT2D eigenvalue weighted by atomic mass is 9.77. The van der Waals surface area contributed by atoms with Crippen LogP contribution in [0.2, 0.25) is 0 Å². The summed E-state index contributed by atoms with van der Waals surface area (Å²) in [5, 5.41) is 0. The van der Waals surface area contributed by atoms with E-state index in [1.54, 1.807) is 0 Å². The lowest BCUT2D eigenvalue weighted by Gasteiger charge is -2.40. The number of hydrogen-bond acceptors (Lipinski definition) is 3. The number of piperidine rings is 1. The molecule has 1 aromatic carbocycles. The zero-order chi connectivity index (χ0) is 14.9. The van der Waals surface area contributed by atoms with Gasteiger partial charge in [-0.05, 0) is 57.1 Å². The molecule has 0 atom stereocenters. The molecule has 0 unspecified atom stereocenters. The van der Waals surface area contributed by atoms with Gasteiger partial charge in [0.1, 0.15) is 5.75 Å². The Morgan fingerprint density at radius 3 is 2.38 bits per heavy atom. The third kappa shape index (κ3) is 3.12. The highest BCUT2D eigenvalue weighted by Crippen LogP contribution is 2.46. The van der Waals surface area contributed by atoms with E-state index in [2.05, 4.69) is 17.0 Å². The molecular formula is C18H28N2O. The first-order valence-electron chi connectivity index (χ1n) is 8.39. The Kier molecular flexibility index (Phi) is 4.01. The van der Waals surface area contributed by atoms with Crippen LogP contribution in [-0.2, 0) is 0 Å².